The summed E-state index contributed by atoms with van der Waals surface area (Å²) in [4.78, 5) is 6.85. The molecule has 16 heavy (non-hydrogen) atoms. The number of amidine groups is 1. The Hall–Kier alpha value is -1.05. The van der Waals surface area contributed by atoms with E-state index < -0.39 is 0 Å². The Balaban J connectivity index is 2.82. The van der Waals surface area contributed by atoms with Gasteiger partial charge in [0.25, 0.3) is 0 Å². The minimum Gasteiger partial charge on any atom is -0.360 e. The molecule has 0 saturated carbocycles. The van der Waals surface area contributed by atoms with Gasteiger partial charge in [0.15, 0.2) is 0 Å². The smallest absolute Gasteiger partial charge is 0.108 e. The summed E-state index contributed by atoms with van der Waals surface area (Å²) in [6.07, 6.45) is 7.33. The maximum Gasteiger partial charge on any atom is 0.108 e. The number of hydrogen-bond donors (Lipinski definition) is 0. The van der Waals surface area contributed by atoms with Gasteiger partial charge >= 0.3 is 0 Å². The van der Waals surface area contributed by atoms with Gasteiger partial charge in [-0.15, -0.1) is 0 Å². The summed E-state index contributed by atoms with van der Waals surface area (Å²) in [7, 11) is 0. The quantitative estimate of drug-likeness (QED) is 0.694. The molecule has 0 bridgehead atoms. The van der Waals surface area contributed by atoms with Crippen molar-refractivity contribution in [2.75, 3.05) is 13.1 Å². The van der Waals surface area contributed by atoms with Crippen LogP contribution in [0, 0.1) is 5.41 Å². The summed E-state index contributed by atoms with van der Waals surface area (Å²) >= 11 is 0. The van der Waals surface area contributed by atoms with E-state index in [0.717, 1.165) is 19.5 Å². The molecule has 0 aromatic rings. The molecule has 1 aliphatic heterocycles. The Morgan fingerprint density at radius 1 is 1.25 bits per heavy atom. The highest BCUT2D eigenvalue weighted by atomic mass is 15.2. The van der Waals surface area contributed by atoms with Gasteiger partial charge in [0, 0.05) is 25.7 Å². The lowest BCUT2D eigenvalue weighted by atomic mass is 9.86. The van der Waals surface area contributed by atoms with Crippen molar-refractivity contribution < 1.29 is 0 Å². The third-order valence-electron chi connectivity index (χ3n) is 2.98. The molecule has 0 aromatic heterocycles. The van der Waals surface area contributed by atoms with Crippen LogP contribution in [-0.4, -0.2) is 23.8 Å². The zero-order chi connectivity index (χ0) is 12.2. The van der Waals surface area contributed by atoms with E-state index in [4.69, 9.17) is 0 Å². The van der Waals surface area contributed by atoms with Crippen molar-refractivity contribution >= 4 is 5.84 Å². The van der Waals surface area contributed by atoms with E-state index in [-0.39, 0.29) is 5.41 Å². The second-order valence-electron chi connectivity index (χ2n) is 5.15. The molecule has 0 saturated heterocycles. The molecule has 0 amide bonds. The predicted molar refractivity (Wildman–Crippen MR) is 71.7 cm³/mol. The molecule has 0 atom stereocenters. The fraction of sp³-hybridized carbons (Fsp3) is 0.643. The van der Waals surface area contributed by atoms with Crippen molar-refractivity contribution in [2.24, 2.45) is 10.4 Å². The topological polar surface area (TPSA) is 15.6 Å². The van der Waals surface area contributed by atoms with Gasteiger partial charge in [-0.25, -0.2) is 4.99 Å². The molecule has 0 aliphatic carbocycles. The van der Waals surface area contributed by atoms with E-state index in [1.54, 1.807) is 0 Å². The molecule has 0 radical (unpaired) electrons. The Morgan fingerprint density at radius 2 is 1.88 bits per heavy atom. The largest absolute Gasteiger partial charge is 0.360 e. The highest BCUT2D eigenvalue weighted by Gasteiger charge is 2.16. The van der Waals surface area contributed by atoms with Gasteiger partial charge in [0.1, 0.15) is 5.84 Å². The fourth-order valence-electron chi connectivity index (χ4n) is 1.88. The van der Waals surface area contributed by atoms with Crippen LogP contribution in [0.15, 0.2) is 28.9 Å². The average molecular weight is 220 g/mol. The number of aliphatic imine (C=N–C) groups is 1. The van der Waals surface area contributed by atoms with Gasteiger partial charge < -0.3 is 4.90 Å². The van der Waals surface area contributed by atoms with Crippen LogP contribution in [0.1, 0.15) is 41.0 Å². The minimum atomic E-state index is 0.213. The molecular formula is C14H24N2. The predicted octanol–water partition coefficient (Wildman–Crippen LogP) is 3.62. The molecule has 0 N–H and O–H groups in total. The first-order valence-electron chi connectivity index (χ1n) is 6.17. The van der Waals surface area contributed by atoms with Crippen LogP contribution >= 0.6 is 0 Å². The fourth-order valence-corrected chi connectivity index (χ4v) is 1.88. The van der Waals surface area contributed by atoms with E-state index in [0.29, 0.717) is 0 Å². The number of rotatable bonds is 2. The summed E-state index contributed by atoms with van der Waals surface area (Å²) in [6, 6.07) is 0. The van der Waals surface area contributed by atoms with Crippen LogP contribution in [0.4, 0.5) is 0 Å². The van der Waals surface area contributed by atoms with E-state index in [1.165, 1.54) is 11.4 Å². The van der Waals surface area contributed by atoms with Gasteiger partial charge in [-0.2, -0.15) is 0 Å². The van der Waals surface area contributed by atoms with Crippen LogP contribution in [0.2, 0.25) is 0 Å². The Bertz CT molecular complexity index is 312. The normalized spacial score (nSPS) is 16.6. The van der Waals surface area contributed by atoms with Crippen molar-refractivity contribution in [3.05, 3.63) is 23.9 Å². The number of nitrogens with zero attached hydrogens (tertiary/aromatic N) is 2. The summed E-state index contributed by atoms with van der Waals surface area (Å²) < 4.78 is 0. The molecule has 0 fully saturated rings. The van der Waals surface area contributed by atoms with Crippen LogP contribution < -0.4 is 0 Å². The highest BCUT2D eigenvalue weighted by Crippen LogP contribution is 2.27. The Morgan fingerprint density at radius 3 is 2.38 bits per heavy atom. The zero-order valence-corrected chi connectivity index (χ0v) is 11.2. The lowest BCUT2D eigenvalue weighted by Crippen LogP contribution is -2.29. The van der Waals surface area contributed by atoms with E-state index in [1.807, 2.05) is 6.20 Å². The van der Waals surface area contributed by atoms with Crippen molar-refractivity contribution in [1.82, 2.24) is 4.90 Å². The number of allylic oxidation sites excluding steroid dienone is 2. The van der Waals surface area contributed by atoms with Gasteiger partial charge in [0.2, 0.25) is 0 Å². The summed E-state index contributed by atoms with van der Waals surface area (Å²) in [5.74, 6) is 1.18. The summed E-state index contributed by atoms with van der Waals surface area (Å²) in [5, 5.41) is 0. The van der Waals surface area contributed by atoms with Crippen LogP contribution in [-0.2, 0) is 0 Å². The molecule has 0 spiro atoms. The molecule has 2 nitrogen and oxygen atoms in total. The molecule has 1 heterocycles. The van der Waals surface area contributed by atoms with Crippen molar-refractivity contribution in [2.45, 2.75) is 41.0 Å². The van der Waals surface area contributed by atoms with Crippen molar-refractivity contribution in [3.63, 3.8) is 0 Å². The average Bonchev–Trinajstić information content (AvgIpc) is 2.45. The summed E-state index contributed by atoms with van der Waals surface area (Å²) in [6.45, 7) is 13.1. The second kappa shape index (κ2) is 5.33. The van der Waals surface area contributed by atoms with Gasteiger partial charge in [-0.1, -0.05) is 26.8 Å². The lowest BCUT2D eigenvalue weighted by molar-refractivity contribution is 0.458. The maximum absolute atomic E-state index is 4.54. The lowest BCUT2D eigenvalue weighted by Gasteiger charge is -2.22. The SMILES string of the molecule is CCN(CC)C1=NC=CC(C(C)(C)C)=CC1. The standard InChI is InChI=1S/C14H24N2/c1-6-16(7-2)13-9-8-12(10-11-15-13)14(3,4)5/h8,10-11H,6-7,9H2,1-5H3. The first-order valence-corrected chi connectivity index (χ1v) is 6.17. The first kappa shape index (κ1) is 13.0. The van der Waals surface area contributed by atoms with Crippen LogP contribution in [0.5, 0.6) is 0 Å². The molecule has 0 aromatic carbocycles. The van der Waals surface area contributed by atoms with Gasteiger partial charge in [-0.05, 0) is 30.9 Å². The molecule has 1 aliphatic rings. The number of hydrogen-bond acceptors (Lipinski definition) is 2. The third-order valence-corrected chi connectivity index (χ3v) is 2.98. The molecular weight excluding hydrogens is 196 g/mol. The van der Waals surface area contributed by atoms with Crippen LogP contribution in [0.3, 0.4) is 0 Å². The van der Waals surface area contributed by atoms with E-state index >= 15 is 0 Å². The summed E-state index contributed by atoms with van der Waals surface area (Å²) in [5.41, 5.74) is 1.59. The monoisotopic (exact) mass is 220 g/mol. The van der Waals surface area contributed by atoms with Gasteiger partial charge in [0.05, 0.1) is 0 Å². The third kappa shape index (κ3) is 3.22. The Labute approximate surface area is 99.8 Å². The van der Waals surface area contributed by atoms with Gasteiger partial charge in [-0.3, -0.25) is 0 Å². The van der Waals surface area contributed by atoms with Crippen molar-refractivity contribution in [3.8, 4) is 0 Å². The van der Waals surface area contributed by atoms with E-state index in [2.05, 4.69) is 56.7 Å². The minimum absolute atomic E-state index is 0.213. The Kier molecular flexibility index (Phi) is 4.34. The van der Waals surface area contributed by atoms with E-state index in [9.17, 15) is 0 Å². The highest BCUT2D eigenvalue weighted by molar-refractivity contribution is 5.84. The molecule has 2 heteroatoms. The second-order valence-corrected chi connectivity index (χ2v) is 5.15. The first-order chi connectivity index (χ1) is 7.49. The molecule has 0 unspecified atom stereocenters. The van der Waals surface area contributed by atoms with Crippen molar-refractivity contribution in [1.29, 1.82) is 0 Å². The zero-order valence-electron chi connectivity index (χ0n) is 11.2. The maximum atomic E-state index is 4.54. The van der Waals surface area contributed by atoms with Crippen LogP contribution in [0.25, 0.3) is 0 Å². The molecule has 1 rings (SSSR count). The molecule has 90 valence electrons.